The summed E-state index contributed by atoms with van der Waals surface area (Å²) in [7, 11) is -0.0955. The van der Waals surface area contributed by atoms with Gasteiger partial charge in [-0.2, -0.15) is 0 Å². The zero-order valence-corrected chi connectivity index (χ0v) is 24.3. The Hall–Kier alpha value is -3.25. The van der Waals surface area contributed by atoms with E-state index in [2.05, 4.69) is 72.8 Å². The monoisotopic (exact) mass is 565 g/mol. The molecule has 1 aliphatic carbocycles. The topological polar surface area (TPSA) is 34.1 Å². The second-order valence-electron chi connectivity index (χ2n) is 9.23. The molecule has 5 heteroatoms. The van der Waals surface area contributed by atoms with Crippen molar-refractivity contribution in [1.29, 1.82) is 0 Å². The molecule has 1 aliphatic rings. The van der Waals surface area contributed by atoms with Crippen LogP contribution in [0.5, 0.6) is 0 Å². The molecule has 2 unspecified atom stereocenters. The number of benzene rings is 4. The summed E-state index contributed by atoms with van der Waals surface area (Å²) in [4.78, 5) is 30.5. The first kappa shape index (κ1) is 27.3. The molecule has 0 bridgehead atoms. The highest BCUT2D eigenvalue weighted by molar-refractivity contribution is 8.03. The van der Waals surface area contributed by atoms with Gasteiger partial charge in [-0.3, -0.25) is 9.59 Å². The molecule has 0 heterocycles. The Kier molecular flexibility index (Phi) is 8.92. The minimum absolute atomic E-state index is 0.0875. The van der Waals surface area contributed by atoms with Crippen LogP contribution in [0.25, 0.3) is 0 Å². The molecule has 0 aromatic heterocycles. The Bertz CT molecular complexity index is 1500. The molecule has 4 aromatic rings. The van der Waals surface area contributed by atoms with E-state index in [-0.39, 0.29) is 22.5 Å². The predicted molar refractivity (Wildman–Crippen MR) is 165 cm³/mol. The van der Waals surface area contributed by atoms with Crippen molar-refractivity contribution in [2.24, 2.45) is 0 Å². The summed E-state index contributed by atoms with van der Waals surface area (Å²) >= 11 is 3.45. The molecule has 0 amide bonds. The van der Waals surface area contributed by atoms with Crippen LogP contribution in [0.4, 0.5) is 0 Å². The van der Waals surface area contributed by atoms with Crippen LogP contribution in [-0.4, -0.2) is 16.8 Å². The van der Waals surface area contributed by atoms with Crippen molar-refractivity contribution in [3.8, 4) is 0 Å². The van der Waals surface area contributed by atoms with Crippen molar-refractivity contribution >= 4 is 46.0 Å². The Labute approximate surface area is 242 Å². The highest BCUT2D eigenvalue weighted by Crippen LogP contribution is 2.37. The van der Waals surface area contributed by atoms with Gasteiger partial charge in [0, 0.05) is 37.1 Å². The largest absolute Gasteiger partial charge is 0.295 e. The maximum absolute atomic E-state index is 11.6. The molecule has 194 valence electrons. The van der Waals surface area contributed by atoms with Crippen molar-refractivity contribution in [3.05, 3.63) is 137 Å². The molecule has 0 radical (unpaired) electrons. The Morgan fingerprint density at radius 3 is 1.62 bits per heavy atom. The Morgan fingerprint density at radius 2 is 1.13 bits per heavy atom. The number of carbonyl (C=O) groups is 2. The maximum atomic E-state index is 11.6. The second kappa shape index (κ2) is 12.7. The van der Waals surface area contributed by atoms with Gasteiger partial charge in [0.15, 0.2) is 26.6 Å². The van der Waals surface area contributed by atoms with Crippen molar-refractivity contribution in [2.45, 2.75) is 50.0 Å². The predicted octanol–water partition coefficient (Wildman–Crippen LogP) is 9.28. The van der Waals surface area contributed by atoms with E-state index in [1.807, 2.05) is 48.5 Å². The minimum atomic E-state index is -0.0955. The van der Waals surface area contributed by atoms with Crippen LogP contribution in [0.2, 0.25) is 0 Å². The number of carbonyl (C=O) groups excluding carboxylic acids is 2. The average Bonchev–Trinajstić information content (AvgIpc) is 2.96. The van der Waals surface area contributed by atoms with Gasteiger partial charge in [0.25, 0.3) is 0 Å². The minimum Gasteiger partial charge on any atom is -0.295 e. The summed E-state index contributed by atoms with van der Waals surface area (Å²) in [5.74, 6) is 0.179. The molecule has 5 rings (SSSR count). The van der Waals surface area contributed by atoms with Crippen LogP contribution in [0.1, 0.15) is 41.0 Å². The molecular formula is C34H29O2S3+. The van der Waals surface area contributed by atoms with E-state index in [9.17, 15) is 9.59 Å². The molecule has 2 nitrogen and oxygen atoms in total. The van der Waals surface area contributed by atoms with Crippen LogP contribution in [0.3, 0.4) is 0 Å². The highest BCUT2D eigenvalue weighted by atomic mass is 32.2. The summed E-state index contributed by atoms with van der Waals surface area (Å²) in [5.41, 5.74) is 1.48. The molecule has 2 atom stereocenters. The number of Topliss-reactive ketones (excluding diaryl/α,β-unsaturated/α-hetero) is 2. The van der Waals surface area contributed by atoms with Gasteiger partial charge < -0.3 is 0 Å². The number of hydrogen-bond donors (Lipinski definition) is 0. The van der Waals surface area contributed by atoms with Crippen LogP contribution < -0.4 is 0 Å². The van der Waals surface area contributed by atoms with Gasteiger partial charge in [0.2, 0.25) is 0 Å². The van der Waals surface area contributed by atoms with Crippen molar-refractivity contribution in [3.63, 3.8) is 0 Å². The lowest BCUT2D eigenvalue weighted by Gasteiger charge is -2.18. The molecule has 0 saturated carbocycles. The Balaban J connectivity index is 1.31. The number of allylic oxidation sites excluding steroid dienone is 2. The standard InChI is InChI=1S/C34H29O2S3/c1-24(35)26-8-12-28(13-9-26)37-30-16-20-33(21-17-30)39(32-6-4-3-5-7-32)34-22-18-31(19-23-34)38-29-14-10-27(11-15-29)25(2)36/h3-22,34H,23H2,1-2H3/q+1. The van der Waals surface area contributed by atoms with Crippen molar-refractivity contribution in [2.75, 3.05) is 0 Å². The third kappa shape index (κ3) is 7.04. The first-order valence-corrected chi connectivity index (χ1v) is 15.7. The van der Waals surface area contributed by atoms with Gasteiger partial charge in [-0.05, 0) is 86.7 Å². The van der Waals surface area contributed by atoms with E-state index < -0.39 is 0 Å². The third-order valence-electron chi connectivity index (χ3n) is 6.40. The van der Waals surface area contributed by atoms with Gasteiger partial charge in [-0.25, -0.2) is 0 Å². The lowest BCUT2D eigenvalue weighted by atomic mass is 10.2. The summed E-state index contributed by atoms with van der Waals surface area (Å²) in [6.07, 6.45) is 7.92. The fraction of sp³-hybridized carbons (Fsp3) is 0.118. The highest BCUT2D eigenvalue weighted by Gasteiger charge is 2.34. The number of thioether (sulfide) groups is 1. The summed E-state index contributed by atoms with van der Waals surface area (Å²) in [6.45, 7) is 3.19. The van der Waals surface area contributed by atoms with E-state index in [0.29, 0.717) is 5.25 Å². The molecule has 39 heavy (non-hydrogen) atoms. The van der Waals surface area contributed by atoms with E-state index in [4.69, 9.17) is 0 Å². The first-order valence-electron chi connectivity index (χ1n) is 12.8. The van der Waals surface area contributed by atoms with Gasteiger partial charge in [-0.1, -0.05) is 72.1 Å². The van der Waals surface area contributed by atoms with Gasteiger partial charge >= 0.3 is 0 Å². The van der Waals surface area contributed by atoms with E-state index >= 15 is 0 Å². The van der Waals surface area contributed by atoms with Crippen LogP contribution in [0.15, 0.2) is 151 Å². The quantitative estimate of drug-likeness (QED) is 0.150. The molecule has 0 N–H and O–H groups in total. The van der Waals surface area contributed by atoms with Gasteiger partial charge in [0.05, 0.1) is 10.9 Å². The van der Waals surface area contributed by atoms with Gasteiger partial charge in [-0.15, -0.1) is 0 Å². The number of ketones is 2. The average molecular weight is 566 g/mol. The van der Waals surface area contributed by atoms with Crippen molar-refractivity contribution < 1.29 is 9.59 Å². The fourth-order valence-electron chi connectivity index (χ4n) is 4.33. The van der Waals surface area contributed by atoms with Crippen LogP contribution in [-0.2, 0) is 10.9 Å². The lowest BCUT2D eigenvalue weighted by molar-refractivity contribution is 0.100. The molecule has 0 aliphatic heterocycles. The lowest BCUT2D eigenvalue weighted by Crippen LogP contribution is -2.21. The third-order valence-corrected chi connectivity index (χ3v) is 11.0. The van der Waals surface area contributed by atoms with Crippen molar-refractivity contribution in [1.82, 2.24) is 0 Å². The Morgan fingerprint density at radius 1 is 0.641 bits per heavy atom. The summed E-state index contributed by atoms with van der Waals surface area (Å²) < 4.78 is 0. The SMILES string of the molecule is CC(=O)c1ccc(SC2=CCC([S+](c3ccccc3)c3ccc(Sc4ccc(C(C)=O)cc4)cc3)C=C2)cc1. The van der Waals surface area contributed by atoms with E-state index in [1.165, 1.54) is 19.6 Å². The van der Waals surface area contributed by atoms with E-state index in [1.54, 1.807) is 37.4 Å². The van der Waals surface area contributed by atoms with Crippen LogP contribution in [0, 0.1) is 0 Å². The van der Waals surface area contributed by atoms with Gasteiger partial charge in [0.1, 0.15) is 0 Å². The molecule has 0 saturated heterocycles. The second-order valence-corrected chi connectivity index (χ2v) is 13.7. The zero-order valence-electron chi connectivity index (χ0n) is 21.9. The molecule has 0 spiro atoms. The van der Waals surface area contributed by atoms with Crippen LogP contribution >= 0.6 is 23.5 Å². The first-order chi connectivity index (χ1) is 19.0. The number of rotatable bonds is 9. The molecule has 4 aromatic carbocycles. The number of hydrogen-bond acceptors (Lipinski definition) is 4. The molecular weight excluding hydrogens is 537 g/mol. The van der Waals surface area contributed by atoms with E-state index in [0.717, 1.165) is 27.3 Å². The zero-order chi connectivity index (χ0) is 27.2. The maximum Gasteiger partial charge on any atom is 0.161 e. The normalized spacial score (nSPS) is 15.4. The fourth-order valence-corrected chi connectivity index (χ4v) is 8.39. The summed E-state index contributed by atoms with van der Waals surface area (Å²) in [5, 5.41) is 0.384. The summed E-state index contributed by atoms with van der Waals surface area (Å²) in [6, 6.07) is 35.4. The smallest absolute Gasteiger partial charge is 0.161 e. The molecule has 0 fully saturated rings.